The van der Waals surface area contributed by atoms with E-state index in [0.29, 0.717) is 19.0 Å². The minimum Gasteiger partial charge on any atom is -0.388 e. The van der Waals surface area contributed by atoms with E-state index in [0.717, 1.165) is 23.1 Å². The standard InChI is InChI=1S/C23H25ClFNO/c1-16(2)26(15-17-7-10-22(25)21(24)13-17)12-11-23(27)20-9-8-18-5-3-4-6-19(18)14-20/h3-10,13-14,16,23,27H,11-12,15H2,1-2H3. The molecule has 1 atom stereocenters. The van der Waals surface area contributed by atoms with Crippen LogP contribution in [-0.4, -0.2) is 22.6 Å². The number of nitrogens with zero attached hydrogens (tertiary/aromatic N) is 1. The van der Waals surface area contributed by atoms with Crippen LogP contribution < -0.4 is 0 Å². The smallest absolute Gasteiger partial charge is 0.141 e. The fourth-order valence-corrected chi connectivity index (χ4v) is 3.47. The largest absolute Gasteiger partial charge is 0.388 e. The maximum atomic E-state index is 13.4. The molecule has 3 aromatic rings. The van der Waals surface area contributed by atoms with Gasteiger partial charge in [0.15, 0.2) is 0 Å². The second-order valence-corrected chi connectivity index (χ2v) is 7.63. The third-order valence-electron chi connectivity index (χ3n) is 4.95. The summed E-state index contributed by atoms with van der Waals surface area (Å²) >= 11 is 5.90. The number of hydrogen-bond donors (Lipinski definition) is 1. The molecule has 1 N–H and O–H groups in total. The zero-order chi connectivity index (χ0) is 19.4. The van der Waals surface area contributed by atoms with Crippen molar-refractivity contribution in [2.75, 3.05) is 6.54 Å². The molecule has 0 heterocycles. The van der Waals surface area contributed by atoms with E-state index in [9.17, 15) is 9.50 Å². The van der Waals surface area contributed by atoms with Gasteiger partial charge in [0.05, 0.1) is 11.1 Å². The van der Waals surface area contributed by atoms with Crippen LogP contribution in [-0.2, 0) is 6.54 Å². The first kappa shape index (κ1) is 19.8. The van der Waals surface area contributed by atoms with E-state index < -0.39 is 11.9 Å². The molecule has 0 amide bonds. The molecular weight excluding hydrogens is 361 g/mol. The molecule has 0 bridgehead atoms. The Balaban J connectivity index is 1.66. The van der Waals surface area contributed by atoms with Crippen LogP contribution in [0.4, 0.5) is 4.39 Å². The van der Waals surface area contributed by atoms with Crippen molar-refractivity contribution in [3.05, 3.63) is 82.6 Å². The summed E-state index contributed by atoms with van der Waals surface area (Å²) in [6.07, 6.45) is 0.110. The van der Waals surface area contributed by atoms with Gasteiger partial charge in [-0.2, -0.15) is 0 Å². The lowest BCUT2D eigenvalue weighted by atomic mass is 10.0. The van der Waals surface area contributed by atoms with E-state index in [1.54, 1.807) is 12.1 Å². The molecule has 3 rings (SSSR count). The van der Waals surface area contributed by atoms with Gasteiger partial charge in [-0.15, -0.1) is 0 Å². The molecule has 0 aliphatic rings. The number of hydrogen-bond acceptors (Lipinski definition) is 2. The first-order chi connectivity index (χ1) is 12.9. The van der Waals surface area contributed by atoms with Crippen LogP contribution in [0, 0.1) is 5.82 Å². The van der Waals surface area contributed by atoms with Crippen LogP contribution in [0.25, 0.3) is 10.8 Å². The van der Waals surface area contributed by atoms with Crippen molar-refractivity contribution < 1.29 is 9.50 Å². The third-order valence-corrected chi connectivity index (χ3v) is 5.24. The Hall–Kier alpha value is -1.94. The summed E-state index contributed by atoms with van der Waals surface area (Å²) in [5, 5.41) is 13.1. The zero-order valence-corrected chi connectivity index (χ0v) is 16.5. The molecule has 0 aliphatic heterocycles. The van der Waals surface area contributed by atoms with E-state index >= 15 is 0 Å². The summed E-state index contributed by atoms with van der Waals surface area (Å²) in [5.41, 5.74) is 1.90. The molecule has 0 spiro atoms. The highest BCUT2D eigenvalue weighted by atomic mass is 35.5. The Morgan fingerprint density at radius 1 is 1.00 bits per heavy atom. The Morgan fingerprint density at radius 3 is 2.44 bits per heavy atom. The SMILES string of the molecule is CC(C)N(CCC(O)c1ccc2ccccc2c1)Cc1ccc(F)c(Cl)c1. The van der Waals surface area contributed by atoms with Gasteiger partial charge in [-0.25, -0.2) is 4.39 Å². The molecule has 4 heteroatoms. The fraction of sp³-hybridized carbons (Fsp3) is 0.304. The zero-order valence-electron chi connectivity index (χ0n) is 15.7. The molecule has 27 heavy (non-hydrogen) atoms. The monoisotopic (exact) mass is 385 g/mol. The highest BCUT2D eigenvalue weighted by Gasteiger charge is 2.15. The minimum atomic E-state index is -0.521. The average molecular weight is 386 g/mol. The number of aliphatic hydroxyl groups excluding tert-OH is 1. The van der Waals surface area contributed by atoms with E-state index in [4.69, 9.17) is 11.6 Å². The van der Waals surface area contributed by atoms with Crippen LogP contribution in [0.2, 0.25) is 5.02 Å². The molecule has 0 radical (unpaired) electrons. The van der Waals surface area contributed by atoms with Crippen LogP contribution in [0.3, 0.4) is 0 Å². The van der Waals surface area contributed by atoms with Gasteiger partial charge in [-0.3, -0.25) is 4.90 Å². The maximum Gasteiger partial charge on any atom is 0.141 e. The number of halogens is 2. The number of rotatable bonds is 7. The molecule has 0 saturated carbocycles. The normalized spacial score (nSPS) is 12.9. The van der Waals surface area contributed by atoms with Gasteiger partial charge in [-0.1, -0.05) is 54.1 Å². The van der Waals surface area contributed by atoms with E-state index in [1.807, 2.05) is 18.2 Å². The maximum absolute atomic E-state index is 13.4. The summed E-state index contributed by atoms with van der Waals surface area (Å²) in [6, 6.07) is 19.4. The van der Waals surface area contributed by atoms with Crippen molar-refractivity contribution in [3.8, 4) is 0 Å². The molecule has 1 unspecified atom stereocenters. The van der Waals surface area contributed by atoms with Crippen LogP contribution in [0.15, 0.2) is 60.7 Å². The van der Waals surface area contributed by atoms with Crippen LogP contribution in [0.5, 0.6) is 0 Å². The molecule has 0 saturated heterocycles. The van der Waals surface area contributed by atoms with Crippen molar-refractivity contribution in [1.82, 2.24) is 4.90 Å². The quantitative estimate of drug-likeness (QED) is 0.541. The highest BCUT2D eigenvalue weighted by Crippen LogP contribution is 2.24. The molecule has 0 aliphatic carbocycles. The summed E-state index contributed by atoms with van der Waals surface area (Å²) < 4.78 is 13.4. The van der Waals surface area contributed by atoms with Gasteiger partial charge in [0, 0.05) is 19.1 Å². The van der Waals surface area contributed by atoms with Crippen LogP contribution in [0.1, 0.15) is 37.5 Å². The molecule has 3 aromatic carbocycles. The molecular formula is C23H25ClFNO. The number of aliphatic hydroxyl groups is 1. The van der Waals surface area contributed by atoms with Crippen molar-refractivity contribution in [3.63, 3.8) is 0 Å². The number of benzene rings is 3. The predicted octanol–water partition coefficient (Wildman–Crippen LogP) is 5.97. The predicted molar refractivity (Wildman–Crippen MR) is 110 cm³/mol. The lowest BCUT2D eigenvalue weighted by Gasteiger charge is -2.27. The molecule has 142 valence electrons. The minimum absolute atomic E-state index is 0.146. The summed E-state index contributed by atoms with van der Waals surface area (Å²) in [4.78, 5) is 2.26. The van der Waals surface area contributed by atoms with Gasteiger partial charge in [0.1, 0.15) is 5.82 Å². The van der Waals surface area contributed by atoms with Gasteiger partial charge >= 0.3 is 0 Å². The van der Waals surface area contributed by atoms with Crippen molar-refractivity contribution in [2.45, 2.75) is 39.0 Å². The first-order valence-corrected chi connectivity index (χ1v) is 9.66. The van der Waals surface area contributed by atoms with E-state index in [2.05, 4.69) is 43.0 Å². The van der Waals surface area contributed by atoms with E-state index in [1.165, 1.54) is 11.5 Å². The molecule has 2 nitrogen and oxygen atoms in total. The Labute approximate surface area is 165 Å². The fourth-order valence-electron chi connectivity index (χ4n) is 3.26. The van der Waals surface area contributed by atoms with Gasteiger partial charge in [0.25, 0.3) is 0 Å². The number of fused-ring (bicyclic) bond motifs is 1. The van der Waals surface area contributed by atoms with Gasteiger partial charge < -0.3 is 5.11 Å². The van der Waals surface area contributed by atoms with Crippen molar-refractivity contribution in [2.24, 2.45) is 0 Å². The summed E-state index contributed by atoms with van der Waals surface area (Å²) in [7, 11) is 0. The third kappa shape index (κ3) is 5.07. The second-order valence-electron chi connectivity index (χ2n) is 7.22. The van der Waals surface area contributed by atoms with Gasteiger partial charge in [0.2, 0.25) is 0 Å². The first-order valence-electron chi connectivity index (χ1n) is 9.29. The van der Waals surface area contributed by atoms with Crippen molar-refractivity contribution >= 4 is 22.4 Å². The summed E-state index contributed by atoms with van der Waals surface area (Å²) in [6.45, 7) is 5.64. The van der Waals surface area contributed by atoms with Crippen molar-refractivity contribution in [1.29, 1.82) is 0 Å². The Morgan fingerprint density at radius 2 is 1.74 bits per heavy atom. The Kier molecular flexibility index (Phi) is 6.48. The highest BCUT2D eigenvalue weighted by molar-refractivity contribution is 6.30. The average Bonchev–Trinajstić information content (AvgIpc) is 2.67. The lowest BCUT2D eigenvalue weighted by Crippen LogP contribution is -2.32. The Bertz CT molecular complexity index is 912. The second kappa shape index (κ2) is 8.83. The molecule has 0 aromatic heterocycles. The lowest BCUT2D eigenvalue weighted by molar-refractivity contribution is 0.127. The van der Waals surface area contributed by atoms with Gasteiger partial charge in [-0.05, 0) is 60.4 Å². The van der Waals surface area contributed by atoms with Crippen LogP contribution >= 0.6 is 11.6 Å². The summed E-state index contributed by atoms with van der Waals surface area (Å²) in [5.74, 6) is -0.400. The topological polar surface area (TPSA) is 23.5 Å². The van der Waals surface area contributed by atoms with E-state index in [-0.39, 0.29) is 5.02 Å². The molecule has 0 fully saturated rings.